The first-order chi connectivity index (χ1) is 6.70. The Kier molecular flexibility index (Phi) is 2.36. The predicted molar refractivity (Wildman–Crippen MR) is 58.9 cm³/mol. The summed E-state index contributed by atoms with van der Waals surface area (Å²) in [6.45, 7) is 4.50. The van der Waals surface area contributed by atoms with Crippen LogP contribution in [0.4, 0.5) is 5.69 Å². The monoisotopic (exact) mass is 191 g/mol. The number of fused-ring (bicyclic) bond motifs is 1. The van der Waals surface area contributed by atoms with Crippen LogP contribution in [0.15, 0.2) is 18.2 Å². The summed E-state index contributed by atoms with van der Waals surface area (Å²) in [7, 11) is 1.70. The summed E-state index contributed by atoms with van der Waals surface area (Å²) < 4.78 is 5.20. The van der Waals surface area contributed by atoms with Gasteiger partial charge in [-0.1, -0.05) is 19.9 Å². The number of methoxy groups -OCH3 is 1. The Morgan fingerprint density at radius 3 is 2.86 bits per heavy atom. The van der Waals surface area contributed by atoms with Crippen LogP contribution in [-0.4, -0.2) is 13.2 Å². The third-order valence-electron chi connectivity index (χ3n) is 2.90. The highest BCUT2D eigenvalue weighted by Gasteiger charge is 2.22. The van der Waals surface area contributed by atoms with Crippen LogP contribution in [0.5, 0.6) is 5.75 Å². The maximum Gasteiger partial charge on any atom is 0.120 e. The van der Waals surface area contributed by atoms with Gasteiger partial charge in [-0.15, -0.1) is 0 Å². The van der Waals surface area contributed by atoms with E-state index in [9.17, 15) is 0 Å². The van der Waals surface area contributed by atoms with E-state index in [4.69, 9.17) is 4.74 Å². The van der Waals surface area contributed by atoms with E-state index in [0.29, 0.717) is 12.0 Å². The van der Waals surface area contributed by atoms with Gasteiger partial charge in [0.15, 0.2) is 0 Å². The van der Waals surface area contributed by atoms with Crippen LogP contribution in [0.25, 0.3) is 0 Å². The minimum absolute atomic E-state index is 0.581. The topological polar surface area (TPSA) is 21.3 Å². The van der Waals surface area contributed by atoms with Crippen molar-refractivity contribution in [3.8, 4) is 5.75 Å². The number of rotatable bonds is 2. The molecule has 76 valence electrons. The van der Waals surface area contributed by atoms with Crippen LogP contribution in [0.3, 0.4) is 0 Å². The Balaban J connectivity index is 2.22. The van der Waals surface area contributed by atoms with Gasteiger partial charge in [-0.25, -0.2) is 0 Å². The first kappa shape index (κ1) is 9.38. The zero-order valence-electron chi connectivity index (χ0n) is 9.00. The summed E-state index contributed by atoms with van der Waals surface area (Å²) >= 11 is 0. The van der Waals surface area contributed by atoms with Gasteiger partial charge in [0, 0.05) is 17.8 Å². The molecule has 0 fully saturated rings. The molecule has 0 amide bonds. The molecule has 2 rings (SSSR count). The van der Waals surface area contributed by atoms with Crippen molar-refractivity contribution in [1.82, 2.24) is 0 Å². The summed E-state index contributed by atoms with van der Waals surface area (Å²) in [4.78, 5) is 0. The molecule has 0 aromatic heterocycles. The smallest absolute Gasteiger partial charge is 0.120 e. The van der Waals surface area contributed by atoms with Gasteiger partial charge in [0.1, 0.15) is 5.75 Å². The molecule has 1 unspecified atom stereocenters. The first-order valence-electron chi connectivity index (χ1n) is 5.14. The van der Waals surface area contributed by atoms with Crippen molar-refractivity contribution in [1.29, 1.82) is 0 Å². The molecule has 2 heteroatoms. The number of hydrogen-bond acceptors (Lipinski definition) is 2. The van der Waals surface area contributed by atoms with Gasteiger partial charge < -0.3 is 10.1 Å². The lowest BCUT2D eigenvalue weighted by molar-refractivity contribution is 0.415. The van der Waals surface area contributed by atoms with Gasteiger partial charge in [-0.2, -0.15) is 0 Å². The molecule has 0 spiro atoms. The van der Waals surface area contributed by atoms with Crippen molar-refractivity contribution in [2.45, 2.75) is 26.3 Å². The lowest BCUT2D eigenvalue weighted by Crippen LogP contribution is -2.21. The van der Waals surface area contributed by atoms with E-state index in [2.05, 4.69) is 31.3 Å². The molecule has 1 atom stereocenters. The highest BCUT2D eigenvalue weighted by molar-refractivity contribution is 5.60. The second kappa shape index (κ2) is 3.52. The fourth-order valence-corrected chi connectivity index (χ4v) is 1.88. The second-order valence-corrected chi connectivity index (χ2v) is 4.22. The molecule has 0 saturated heterocycles. The fourth-order valence-electron chi connectivity index (χ4n) is 1.88. The molecule has 1 heterocycles. The number of hydrogen-bond donors (Lipinski definition) is 1. The third-order valence-corrected chi connectivity index (χ3v) is 2.90. The summed E-state index contributed by atoms with van der Waals surface area (Å²) in [6, 6.07) is 6.85. The molecule has 1 aliphatic heterocycles. The predicted octanol–water partition coefficient (Wildman–Crippen LogP) is 2.69. The Morgan fingerprint density at radius 1 is 1.43 bits per heavy atom. The van der Waals surface area contributed by atoms with E-state index in [1.807, 2.05) is 6.07 Å². The van der Waals surface area contributed by atoms with E-state index in [-0.39, 0.29) is 0 Å². The first-order valence-corrected chi connectivity index (χ1v) is 5.14. The molecular weight excluding hydrogens is 174 g/mol. The van der Waals surface area contributed by atoms with Crippen LogP contribution in [0.1, 0.15) is 19.4 Å². The van der Waals surface area contributed by atoms with E-state index < -0.39 is 0 Å². The van der Waals surface area contributed by atoms with Crippen LogP contribution in [-0.2, 0) is 6.42 Å². The van der Waals surface area contributed by atoms with E-state index in [0.717, 1.165) is 12.2 Å². The molecule has 1 aromatic rings. The zero-order valence-corrected chi connectivity index (χ0v) is 9.00. The number of nitrogens with one attached hydrogen (secondary N) is 1. The van der Waals surface area contributed by atoms with Crippen molar-refractivity contribution >= 4 is 5.69 Å². The molecule has 1 aliphatic rings. The van der Waals surface area contributed by atoms with Crippen LogP contribution in [0, 0.1) is 5.92 Å². The molecule has 2 nitrogen and oxygen atoms in total. The largest absolute Gasteiger partial charge is 0.497 e. The van der Waals surface area contributed by atoms with Gasteiger partial charge in [0.2, 0.25) is 0 Å². The number of ether oxygens (including phenoxy) is 1. The van der Waals surface area contributed by atoms with Crippen molar-refractivity contribution < 1.29 is 4.74 Å². The maximum absolute atomic E-state index is 5.20. The Labute approximate surface area is 85.3 Å². The zero-order chi connectivity index (χ0) is 10.1. The van der Waals surface area contributed by atoms with E-state index >= 15 is 0 Å². The molecule has 14 heavy (non-hydrogen) atoms. The molecule has 0 saturated carbocycles. The molecular formula is C12H17NO. The quantitative estimate of drug-likeness (QED) is 0.776. The van der Waals surface area contributed by atoms with Gasteiger partial charge >= 0.3 is 0 Å². The highest BCUT2D eigenvalue weighted by atomic mass is 16.5. The molecule has 1 aromatic carbocycles. The van der Waals surface area contributed by atoms with Gasteiger partial charge in [-0.05, 0) is 24.0 Å². The fraction of sp³-hybridized carbons (Fsp3) is 0.500. The van der Waals surface area contributed by atoms with Crippen LogP contribution < -0.4 is 10.1 Å². The Hall–Kier alpha value is -1.18. The van der Waals surface area contributed by atoms with Crippen molar-refractivity contribution in [3.05, 3.63) is 23.8 Å². The maximum atomic E-state index is 5.20. The summed E-state index contributed by atoms with van der Waals surface area (Å²) in [5.41, 5.74) is 2.65. The summed E-state index contributed by atoms with van der Waals surface area (Å²) in [5.74, 6) is 1.61. The van der Waals surface area contributed by atoms with Crippen LogP contribution in [0.2, 0.25) is 0 Å². The van der Waals surface area contributed by atoms with Crippen molar-refractivity contribution in [2.75, 3.05) is 12.4 Å². The van der Waals surface area contributed by atoms with Gasteiger partial charge in [-0.3, -0.25) is 0 Å². The average molecular weight is 191 g/mol. The minimum Gasteiger partial charge on any atom is -0.497 e. The van der Waals surface area contributed by atoms with Crippen molar-refractivity contribution in [3.63, 3.8) is 0 Å². The third kappa shape index (κ3) is 1.57. The van der Waals surface area contributed by atoms with Crippen LogP contribution >= 0.6 is 0 Å². The lowest BCUT2D eigenvalue weighted by atomic mass is 10.0. The Morgan fingerprint density at radius 2 is 2.21 bits per heavy atom. The van der Waals surface area contributed by atoms with E-state index in [1.165, 1.54) is 11.3 Å². The van der Waals surface area contributed by atoms with Crippen molar-refractivity contribution in [2.24, 2.45) is 5.92 Å². The Bertz CT molecular complexity index is 333. The normalized spacial score (nSPS) is 19.3. The molecule has 1 N–H and O–H groups in total. The minimum atomic E-state index is 0.581. The van der Waals surface area contributed by atoms with Gasteiger partial charge in [0.25, 0.3) is 0 Å². The summed E-state index contributed by atoms with van der Waals surface area (Å²) in [5, 5.41) is 3.53. The standard InChI is InChI=1S/C12H17NO/c1-8(2)11-6-9-4-5-10(14-3)7-12(9)13-11/h4-5,7-8,11,13H,6H2,1-3H3. The summed E-state index contributed by atoms with van der Waals surface area (Å²) in [6.07, 6.45) is 1.14. The van der Waals surface area contributed by atoms with Gasteiger partial charge in [0.05, 0.1) is 7.11 Å². The molecule has 0 bridgehead atoms. The van der Waals surface area contributed by atoms with E-state index in [1.54, 1.807) is 7.11 Å². The average Bonchev–Trinajstić information content (AvgIpc) is 2.59. The SMILES string of the molecule is COc1ccc2c(c1)NC(C(C)C)C2. The lowest BCUT2D eigenvalue weighted by Gasteiger charge is -2.14. The number of anilines is 1. The molecule has 0 radical (unpaired) electrons. The molecule has 0 aliphatic carbocycles. The highest BCUT2D eigenvalue weighted by Crippen LogP contribution is 2.31. The number of benzene rings is 1. The second-order valence-electron chi connectivity index (χ2n) is 4.22.